The molecule has 2 heterocycles. The second kappa shape index (κ2) is 12.6. The molecule has 5 rings (SSSR count). The Kier molecular flexibility index (Phi) is 8.72. The maximum atomic E-state index is 10.1. The van der Waals surface area contributed by atoms with Crippen molar-refractivity contribution < 1.29 is 24.1 Å². The van der Waals surface area contributed by atoms with E-state index < -0.39 is 5.60 Å². The molecule has 0 bridgehead atoms. The van der Waals surface area contributed by atoms with Crippen molar-refractivity contribution in [1.82, 2.24) is 4.98 Å². The number of hydrogen-bond acceptors (Lipinski definition) is 7. The van der Waals surface area contributed by atoms with Gasteiger partial charge < -0.3 is 29.0 Å². The number of ether oxygens (including phenoxy) is 4. The van der Waals surface area contributed by atoms with Crippen LogP contribution in [0.1, 0.15) is 37.1 Å². The topological polar surface area (TPSA) is 73.3 Å². The SMILES string of the molecule is Cc1c(COc2cc(OCCC(C)(C)O)cc(N3CCOCC3)c2)nc2ccccc2c1OCc1ccccc1. The Morgan fingerprint density at radius 3 is 2.33 bits per heavy atom. The van der Waals surface area contributed by atoms with Crippen LogP contribution in [0.4, 0.5) is 5.69 Å². The molecule has 3 aromatic carbocycles. The molecule has 7 nitrogen and oxygen atoms in total. The molecular formula is C33H38N2O5. The molecule has 0 saturated carbocycles. The van der Waals surface area contributed by atoms with Crippen LogP contribution in [0.3, 0.4) is 0 Å². The third-order valence-electron chi connectivity index (χ3n) is 7.00. The zero-order chi connectivity index (χ0) is 28.0. The lowest BCUT2D eigenvalue weighted by atomic mass is 10.1. The van der Waals surface area contributed by atoms with Crippen molar-refractivity contribution in [2.45, 2.75) is 46.0 Å². The number of para-hydroxylation sites is 1. The molecule has 0 unspecified atom stereocenters. The molecule has 1 fully saturated rings. The first kappa shape index (κ1) is 27.7. The van der Waals surface area contributed by atoms with Gasteiger partial charge in [0.15, 0.2) is 0 Å². The first-order valence-corrected chi connectivity index (χ1v) is 13.9. The third-order valence-corrected chi connectivity index (χ3v) is 7.00. The van der Waals surface area contributed by atoms with Crippen molar-refractivity contribution >= 4 is 16.6 Å². The van der Waals surface area contributed by atoms with E-state index in [1.807, 2.05) is 67.6 Å². The number of pyridine rings is 1. The summed E-state index contributed by atoms with van der Waals surface area (Å²) in [7, 11) is 0. The average molecular weight is 543 g/mol. The van der Waals surface area contributed by atoms with E-state index in [0.717, 1.165) is 52.3 Å². The number of anilines is 1. The van der Waals surface area contributed by atoms with Gasteiger partial charge in [0, 0.05) is 54.3 Å². The van der Waals surface area contributed by atoms with Gasteiger partial charge in [0.25, 0.3) is 0 Å². The van der Waals surface area contributed by atoms with Crippen molar-refractivity contribution in [3.05, 3.63) is 89.6 Å². The summed E-state index contributed by atoms with van der Waals surface area (Å²) < 4.78 is 24.3. The van der Waals surface area contributed by atoms with Gasteiger partial charge in [-0.25, -0.2) is 4.98 Å². The number of benzene rings is 3. The van der Waals surface area contributed by atoms with E-state index >= 15 is 0 Å². The Labute approximate surface area is 236 Å². The summed E-state index contributed by atoms with van der Waals surface area (Å²) in [6.07, 6.45) is 0.525. The number of nitrogens with zero attached hydrogens (tertiary/aromatic N) is 2. The molecule has 1 aliphatic rings. The standard InChI is InChI=1S/C33H38N2O5/c1-24-31(34-30-12-8-7-11-29(30)32(24)40-22-25-9-5-4-6-10-25)23-39-28-20-26(35-14-17-37-18-15-35)19-27(21-28)38-16-13-33(2,3)36/h4-12,19-21,36H,13-18,22-23H2,1-3H3. The fourth-order valence-corrected chi connectivity index (χ4v) is 4.68. The van der Waals surface area contributed by atoms with E-state index in [0.29, 0.717) is 44.3 Å². The summed E-state index contributed by atoms with van der Waals surface area (Å²) in [5.74, 6) is 2.23. The summed E-state index contributed by atoms with van der Waals surface area (Å²) in [5.41, 5.74) is 3.99. The molecule has 0 amide bonds. The highest BCUT2D eigenvalue weighted by Gasteiger charge is 2.18. The second-order valence-electron chi connectivity index (χ2n) is 10.8. The molecule has 1 aromatic heterocycles. The van der Waals surface area contributed by atoms with Gasteiger partial charge in [0.1, 0.15) is 30.5 Å². The first-order valence-electron chi connectivity index (χ1n) is 13.9. The maximum Gasteiger partial charge on any atom is 0.134 e. The van der Waals surface area contributed by atoms with Crippen LogP contribution < -0.4 is 19.1 Å². The monoisotopic (exact) mass is 542 g/mol. The van der Waals surface area contributed by atoms with Gasteiger partial charge in [0.05, 0.1) is 36.6 Å². The number of fused-ring (bicyclic) bond motifs is 1. The molecule has 1 aliphatic heterocycles. The number of aromatic nitrogens is 1. The minimum Gasteiger partial charge on any atom is -0.493 e. The van der Waals surface area contributed by atoms with Crippen molar-refractivity contribution in [3.8, 4) is 17.2 Å². The van der Waals surface area contributed by atoms with E-state index in [1.165, 1.54) is 0 Å². The lowest BCUT2D eigenvalue weighted by molar-refractivity contribution is 0.0553. The molecule has 4 aromatic rings. The van der Waals surface area contributed by atoms with E-state index in [1.54, 1.807) is 13.8 Å². The summed E-state index contributed by atoms with van der Waals surface area (Å²) in [4.78, 5) is 7.20. The van der Waals surface area contributed by atoms with Gasteiger partial charge in [-0.1, -0.05) is 42.5 Å². The van der Waals surface area contributed by atoms with Crippen LogP contribution in [0.25, 0.3) is 10.9 Å². The zero-order valence-electron chi connectivity index (χ0n) is 23.6. The molecular weight excluding hydrogens is 504 g/mol. The fraction of sp³-hybridized carbons (Fsp3) is 0.364. The summed E-state index contributed by atoms with van der Waals surface area (Å²) in [6, 6.07) is 24.2. The molecule has 40 heavy (non-hydrogen) atoms. The molecule has 0 spiro atoms. The van der Waals surface area contributed by atoms with E-state index in [4.69, 9.17) is 23.9 Å². The van der Waals surface area contributed by atoms with Gasteiger partial charge in [-0.05, 0) is 38.5 Å². The quantitative estimate of drug-likeness (QED) is 0.246. The van der Waals surface area contributed by atoms with Crippen molar-refractivity contribution in [3.63, 3.8) is 0 Å². The highest BCUT2D eigenvalue weighted by atomic mass is 16.5. The Hall–Kier alpha value is -3.81. The molecule has 210 valence electrons. The smallest absolute Gasteiger partial charge is 0.134 e. The number of rotatable bonds is 11. The second-order valence-corrected chi connectivity index (χ2v) is 10.8. The van der Waals surface area contributed by atoms with Gasteiger partial charge in [-0.3, -0.25) is 0 Å². The predicted octanol–water partition coefficient (Wildman–Crippen LogP) is 6.08. The molecule has 1 N–H and O–H groups in total. The maximum absolute atomic E-state index is 10.1. The van der Waals surface area contributed by atoms with Crippen molar-refractivity contribution in [2.75, 3.05) is 37.8 Å². The minimum absolute atomic E-state index is 0.286. The Balaban J connectivity index is 1.39. The Bertz CT molecular complexity index is 1410. The first-order chi connectivity index (χ1) is 19.4. The minimum atomic E-state index is -0.791. The Morgan fingerprint density at radius 1 is 0.875 bits per heavy atom. The normalized spacial score (nSPS) is 13.8. The molecule has 1 saturated heterocycles. The van der Waals surface area contributed by atoms with Crippen LogP contribution in [-0.2, 0) is 18.0 Å². The van der Waals surface area contributed by atoms with Gasteiger partial charge in [0.2, 0.25) is 0 Å². The summed E-state index contributed by atoms with van der Waals surface area (Å²) in [5, 5.41) is 11.1. The van der Waals surface area contributed by atoms with Gasteiger partial charge in [-0.15, -0.1) is 0 Å². The van der Waals surface area contributed by atoms with Crippen LogP contribution in [0.5, 0.6) is 17.2 Å². The molecule has 0 atom stereocenters. The van der Waals surface area contributed by atoms with Crippen LogP contribution in [0.2, 0.25) is 0 Å². The highest BCUT2D eigenvalue weighted by Crippen LogP contribution is 2.33. The molecule has 0 aliphatic carbocycles. The van der Waals surface area contributed by atoms with E-state index in [2.05, 4.69) is 17.0 Å². The lowest BCUT2D eigenvalue weighted by Gasteiger charge is -2.29. The molecule has 7 heteroatoms. The third kappa shape index (κ3) is 7.23. The summed E-state index contributed by atoms with van der Waals surface area (Å²) in [6.45, 7) is 9.75. The van der Waals surface area contributed by atoms with Crippen LogP contribution in [0.15, 0.2) is 72.8 Å². The van der Waals surface area contributed by atoms with E-state index in [-0.39, 0.29) is 6.61 Å². The van der Waals surface area contributed by atoms with Crippen LogP contribution in [-0.4, -0.2) is 48.6 Å². The number of aliphatic hydroxyl groups is 1. The summed E-state index contributed by atoms with van der Waals surface area (Å²) >= 11 is 0. The van der Waals surface area contributed by atoms with Gasteiger partial charge >= 0.3 is 0 Å². The van der Waals surface area contributed by atoms with Gasteiger partial charge in [-0.2, -0.15) is 0 Å². The van der Waals surface area contributed by atoms with Crippen LogP contribution in [0, 0.1) is 6.92 Å². The van der Waals surface area contributed by atoms with Crippen molar-refractivity contribution in [1.29, 1.82) is 0 Å². The zero-order valence-corrected chi connectivity index (χ0v) is 23.6. The fourth-order valence-electron chi connectivity index (χ4n) is 4.68. The number of hydrogen-bond donors (Lipinski definition) is 1. The Morgan fingerprint density at radius 2 is 1.57 bits per heavy atom. The lowest BCUT2D eigenvalue weighted by Crippen LogP contribution is -2.36. The van der Waals surface area contributed by atoms with E-state index in [9.17, 15) is 5.11 Å². The average Bonchev–Trinajstić information content (AvgIpc) is 2.96. The largest absolute Gasteiger partial charge is 0.493 e. The molecule has 0 radical (unpaired) electrons. The van der Waals surface area contributed by atoms with Crippen LogP contribution >= 0.6 is 0 Å². The highest BCUT2D eigenvalue weighted by molar-refractivity contribution is 5.86. The van der Waals surface area contributed by atoms with Crippen molar-refractivity contribution in [2.24, 2.45) is 0 Å². The predicted molar refractivity (Wildman–Crippen MR) is 157 cm³/mol. The number of morpholine rings is 1.